The number of carboxylic acid groups (broad SMARTS) is 1. The summed E-state index contributed by atoms with van der Waals surface area (Å²) in [7, 11) is 0. The third-order valence-corrected chi connectivity index (χ3v) is 2.24. The molecule has 96 valence electrons. The summed E-state index contributed by atoms with van der Waals surface area (Å²) in [5.41, 5.74) is 0.627. The normalized spacial score (nSPS) is 11.4. The van der Waals surface area contributed by atoms with E-state index in [0.717, 1.165) is 25.0 Å². The lowest BCUT2D eigenvalue weighted by Crippen LogP contribution is -1.89. The highest BCUT2D eigenvalue weighted by Gasteiger charge is 1.99. The molecule has 1 aromatic carbocycles. The lowest BCUT2D eigenvalue weighted by Gasteiger charge is -2.00. The molecule has 0 fully saturated rings. The number of halogens is 2. The number of benzene rings is 1. The molecule has 0 unspecified atom stereocenters. The van der Waals surface area contributed by atoms with Gasteiger partial charge in [0.05, 0.1) is 0 Å². The second-order valence-corrected chi connectivity index (χ2v) is 3.80. The van der Waals surface area contributed by atoms with Gasteiger partial charge in [0.2, 0.25) is 0 Å². The van der Waals surface area contributed by atoms with E-state index in [1.807, 2.05) is 6.08 Å². The predicted molar refractivity (Wildman–Crippen MR) is 65.2 cm³/mol. The highest BCUT2D eigenvalue weighted by atomic mass is 19.1. The van der Waals surface area contributed by atoms with E-state index in [1.54, 1.807) is 6.08 Å². The Bertz CT molecular complexity index is 445. The molecule has 0 aromatic heterocycles. The molecule has 4 heteroatoms. The van der Waals surface area contributed by atoms with Gasteiger partial charge in [0.25, 0.3) is 0 Å². The van der Waals surface area contributed by atoms with Gasteiger partial charge in [0.15, 0.2) is 0 Å². The molecule has 2 nitrogen and oxygen atoms in total. The zero-order chi connectivity index (χ0) is 13.4. The first kappa shape index (κ1) is 14.1. The van der Waals surface area contributed by atoms with Crippen molar-refractivity contribution in [3.8, 4) is 0 Å². The van der Waals surface area contributed by atoms with Gasteiger partial charge < -0.3 is 5.11 Å². The Morgan fingerprint density at radius 2 is 1.83 bits per heavy atom. The van der Waals surface area contributed by atoms with Crippen molar-refractivity contribution in [1.82, 2.24) is 0 Å². The average Bonchev–Trinajstić information content (AvgIpc) is 2.26. The van der Waals surface area contributed by atoms with E-state index >= 15 is 0 Å². The number of hydrogen-bond donors (Lipinski definition) is 1. The number of hydrogen-bond acceptors (Lipinski definition) is 1. The van der Waals surface area contributed by atoms with Gasteiger partial charge in [-0.2, -0.15) is 0 Å². The summed E-state index contributed by atoms with van der Waals surface area (Å²) in [4.78, 5) is 10.1. The van der Waals surface area contributed by atoms with E-state index in [-0.39, 0.29) is 0 Å². The van der Waals surface area contributed by atoms with Gasteiger partial charge in [-0.1, -0.05) is 18.2 Å². The molecule has 0 bridgehead atoms. The molecular weight excluding hydrogens is 238 g/mol. The Morgan fingerprint density at radius 1 is 1.17 bits per heavy atom. The summed E-state index contributed by atoms with van der Waals surface area (Å²) in [5.74, 6) is -2.12. The van der Waals surface area contributed by atoms with E-state index in [4.69, 9.17) is 5.11 Å². The molecule has 0 aliphatic carbocycles. The van der Waals surface area contributed by atoms with Crippen LogP contribution in [0.25, 0.3) is 0 Å². The second-order valence-electron chi connectivity index (χ2n) is 3.80. The van der Waals surface area contributed by atoms with Crippen LogP contribution in [0.3, 0.4) is 0 Å². The van der Waals surface area contributed by atoms with Crippen molar-refractivity contribution in [3.63, 3.8) is 0 Å². The van der Waals surface area contributed by atoms with Crippen LogP contribution >= 0.6 is 0 Å². The fraction of sp³-hybridized carbons (Fsp3) is 0.214. The third-order valence-electron chi connectivity index (χ3n) is 2.24. The van der Waals surface area contributed by atoms with Crippen LogP contribution < -0.4 is 0 Å². The van der Waals surface area contributed by atoms with Crippen LogP contribution in [0.4, 0.5) is 8.78 Å². The molecule has 0 atom stereocenters. The molecule has 1 rings (SSSR count). The Labute approximate surface area is 104 Å². The van der Waals surface area contributed by atoms with E-state index in [2.05, 4.69) is 0 Å². The Balaban J connectivity index is 2.31. The first-order chi connectivity index (χ1) is 8.58. The van der Waals surface area contributed by atoms with E-state index in [9.17, 15) is 13.6 Å². The predicted octanol–water partition coefficient (Wildman–Crippen LogP) is 3.48. The number of aryl methyl sites for hydroxylation is 1. The van der Waals surface area contributed by atoms with Gasteiger partial charge in [-0.3, -0.25) is 0 Å². The molecule has 1 N–H and O–H groups in total. The minimum absolute atomic E-state index is 0.565. The van der Waals surface area contributed by atoms with Gasteiger partial charge in [-0.25, -0.2) is 13.6 Å². The van der Waals surface area contributed by atoms with Gasteiger partial charge in [-0.15, -0.1) is 0 Å². The standard InChI is InChI=1S/C14H14F2O2/c15-12-8-11(9-13(16)10-12)6-4-2-1-3-5-7-14(17)18/h1,3,5,7-10H,2,4,6H2,(H,17,18)/b3-1+,7-5+. The Kier molecular flexibility index (Phi) is 5.77. The van der Waals surface area contributed by atoms with Crippen molar-refractivity contribution < 1.29 is 18.7 Å². The number of rotatable bonds is 6. The Morgan fingerprint density at radius 3 is 2.44 bits per heavy atom. The van der Waals surface area contributed by atoms with Crippen LogP contribution in [0.5, 0.6) is 0 Å². The fourth-order valence-corrected chi connectivity index (χ4v) is 1.49. The van der Waals surface area contributed by atoms with E-state index in [0.29, 0.717) is 12.0 Å². The summed E-state index contributed by atoms with van der Waals surface area (Å²) in [6.07, 6.45) is 7.99. The molecule has 18 heavy (non-hydrogen) atoms. The molecule has 0 aliphatic heterocycles. The van der Waals surface area contributed by atoms with Crippen LogP contribution in [0, 0.1) is 11.6 Å². The summed E-state index contributed by atoms with van der Waals surface area (Å²) < 4.78 is 25.7. The molecule has 0 radical (unpaired) electrons. The molecule has 1 aromatic rings. The van der Waals surface area contributed by atoms with Crippen molar-refractivity contribution in [3.05, 3.63) is 59.7 Å². The summed E-state index contributed by atoms with van der Waals surface area (Å²) in [6, 6.07) is 3.48. The lowest BCUT2D eigenvalue weighted by molar-refractivity contribution is -0.131. The monoisotopic (exact) mass is 252 g/mol. The third kappa shape index (κ3) is 5.94. The first-order valence-electron chi connectivity index (χ1n) is 5.59. The Hall–Kier alpha value is -1.97. The number of allylic oxidation sites excluding steroid dienone is 3. The molecule has 0 saturated heterocycles. The molecule has 0 aliphatic rings. The minimum Gasteiger partial charge on any atom is -0.478 e. The fourth-order valence-electron chi connectivity index (χ4n) is 1.49. The number of carboxylic acids is 1. The second kappa shape index (κ2) is 7.37. The van der Waals surface area contributed by atoms with Crippen molar-refractivity contribution in [2.45, 2.75) is 19.3 Å². The number of unbranched alkanes of at least 4 members (excludes halogenated alkanes) is 1. The lowest BCUT2D eigenvalue weighted by atomic mass is 10.1. The quantitative estimate of drug-likeness (QED) is 0.478. The van der Waals surface area contributed by atoms with Crippen molar-refractivity contribution in [1.29, 1.82) is 0 Å². The first-order valence-corrected chi connectivity index (χ1v) is 5.59. The molecule has 0 saturated carbocycles. The van der Waals surface area contributed by atoms with Crippen molar-refractivity contribution >= 4 is 5.97 Å². The van der Waals surface area contributed by atoms with Gasteiger partial charge in [-0.05, 0) is 37.0 Å². The maximum Gasteiger partial charge on any atom is 0.328 e. The van der Waals surface area contributed by atoms with Crippen LogP contribution in [0.15, 0.2) is 42.5 Å². The molecule has 0 spiro atoms. The van der Waals surface area contributed by atoms with Crippen LogP contribution in [0.2, 0.25) is 0 Å². The van der Waals surface area contributed by atoms with Crippen molar-refractivity contribution in [2.24, 2.45) is 0 Å². The SMILES string of the molecule is O=C(O)/C=C/C=C/CCCc1cc(F)cc(F)c1. The van der Waals surface area contributed by atoms with Gasteiger partial charge >= 0.3 is 5.97 Å². The highest BCUT2D eigenvalue weighted by molar-refractivity contribution is 5.80. The van der Waals surface area contributed by atoms with Gasteiger partial charge in [0, 0.05) is 12.1 Å². The van der Waals surface area contributed by atoms with Crippen LogP contribution in [0.1, 0.15) is 18.4 Å². The zero-order valence-electron chi connectivity index (χ0n) is 9.77. The van der Waals surface area contributed by atoms with Crippen LogP contribution in [-0.4, -0.2) is 11.1 Å². The van der Waals surface area contributed by atoms with E-state index in [1.165, 1.54) is 18.2 Å². The number of carbonyl (C=O) groups is 1. The maximum absolute atomic E-state index is 12.9. The van der Waals surface area contributed by atoms with Crippen molar-refractivity contribution in [2.75, 3.05) is 0 Å². The summed E-state index contributed by atoms with van der Waals surface area (Å²) in [5, 5.41) is 8.33. The molecule has 0 heterocycles. The molecule has 0 amide bonds. The largest absolute Gasteiger partial charge is 0.478 e. The van der Waals surface area contributed by atoms with Gasteiger partial charge in [0.1, 0.15) is 11.6 Å². The minimum atomic E-state index is -0.991. The summed E-state index contributed by atoms with van der Waals surface area (Å²) in [6.45, 7) is 0. The maximum atomic E-state index is 12.9. The summed E-state index contributed by atoms with van der Waals surface area (Å²) >= 11 is 0. The topological polar surface area (TPSA) is 37.3 Å². The average molecular weight is 252 g/mol. The molecular formula is C14H14F2O2. The smallest absolute Gasteiger partial charge is 0.328 e. The van der Waals surface area contributed by atoms with Crippen LogP contribution in [-0.2, 0) is 11.2 Å². The zero-order valence-corrected chi connectivity index (χ0v) is 9.77. The number of aliphatic carboxylic acids is 1. The van der Waals surface area contributed by atoms with E-state index < -0.39 is 17.6 Å². The highest BCUT2D eigenvalue weighted by Crippen LogP contribution is 2.11.